The number of esters is 1. The third-order valence-corrected chi connectivity index (χ3v) is 16.9. The van der Waals surface area contributed by atoms with Gasteiger partial charge in [0.2, 0.25) is 0 Å². The van der Waals surface area contributed by atoms with Gasteiger partial charge in [0.15, 0.2) is 5.60 Å². The summed E-state index contributed by atoms with van der Waals surface area (Å²) in [5, 5.41) is 11.9. The Balaban J connectivity index is 1.77. The summed E-state index contributed by atoms with van der Waals surface area (Å²) in [6, 6.07) is -1.06. The van der Waals surface area contributed by atoms with Crippen LogP contribution in [0.4, 0.5) is 0 Å². The van der Waals surface area contributed by atoms with Gasteiger partial charge in [-0.2, -0.15) is 0 Å². The van der Waals surface area contributed by atoms with E-state index in [4.69, 9.17) is 28.4 Å². The van der Waals surface area contributed by atoms with Crippen molar-refractivity contribution in [3.05, 3.63) is 59.8 Å². The van der Waals surface area contributed by atoms with Crippen molar-refractivity contribution >= 4 is 23.4 Å². The zero-order valence-corrected chi connectivity index (χ0v) is 52.0. The minimum absolute atomic E-state index is 0.0167. The Hall–Kier alpha value is -3.26. The van der Waals surface area contributed by atoms with Crippen LogP contribution >= 0.6 is 0 Å². The van der Waals surface area contributed by atoms with Crippen molar-refractivity contribution in [2.24, 2.45) is 46.8 Å². The molecule has 78 heavy (non-hydrogen) atoms. The standard InChI is InChI=1S/C66H109NO11/c1-42-25-21-20-22-26-43(2)56(73-19)39-52-29-31-58(69)66(77-52,41-63(10,11)12)60(70)61(71)67-32-24-23-27-53(67)62(72)76-57(47(6)38-51-28-30-55(46(5)37-51)74-33-34-75-64(13,14)15)40-54(68)45(4)36-48(7)59(78-65(16,17)18)50(9)49(8)44(3)35-42/h20-22,25-26,36,42,44-47,50-53,55-59,69H,8,23-24,27-35,37-41H2,1-7,9-19H3/b22-20+,25-21+,43-26+,48-36+/t42-,44-,45-,46-,47-,50+,51-,52+,53+,55-,56+,57+,58-,59-,66?/m1/s1. The number of carbonyl (C=O) groups excluding carboxylic acids is 4. The van der Waals surface area contributed by atoms with Gasteiger partial charge in [-0.3, -0.25) is 14.4 Å². The van der Waals surface area contributed by atoms with Crippen LogP contribution in [-0.4, -0.2) is 120 Å². The molecule has 3 aliphatic heterocycles. The molecule has 444 valence electrons. The number of aliphatic hydroxyl groups is 1. The van der Waals surface area contributed by atoms with E-state index in [1.807, 2.05) is 107 Å². The first-order chi connectivity index (χ1) is 36.2. The maximum atomic E-state index is 15.1. The number of fused-ring (bicyclic) bond motifs is 3. The van der Waals surface area contributed by atoms with Gasteiger partial charge in [-0.05, 0) is 172 Å². The first kappa shape index (κ1) is 67.2. The summed E-state index contributed by atoms with van der Waals surface area (Å²) in [7, 11) is 1.66. The van der Waals surface area contributed by atoms with Crippen molar-refractivity contribution in [3.63, 3.8) is 0 Å². The van der Waals surface area contributed by atoms with Crippen molar-refractivity contribution in [1.82, 2.24) is 4.90 Å². The average Bonchev–Trinajstić information content (AvgIpc) is 3.37. The topological polar surface area (TPSA) is 147 Å². The van der Waals surface area contributed by atoms with Crippen molar-refractivity contribution < 1.29 is 52.7 Å². The highest BCUT2D eigenvalue weighted by Crippen LogP contribution is 2.43. The Labute approximate surface area is 473 Å². The lowest BCUT2D eigenvalue weighted by molar-refractivity contribution is -0.210. The second-order valence-corrected chi connectivity index (χ2v) is 27.7. The molecule has 1 aliphatic carbocycles. The molecule has 3 heterocycles. The molecular formula is C66H109NO11. The summed E-state index contributed by atoms with van der Waals surface area (Å²) < 4.78 is 38.5. The van der Waals surface area contributed by atoms with Gasteiger partial charge in [-0.1, -0.05) is 111 Å². The smallest absolute Gasteiger partial charge is 0.329 e. The molecule has 0 aromatic heterocycles. The van der Waals surface area contributed by atoms with Crippen molar-refractivity contribution in [3.8, 4) is 0 Å². The van der Waals surface area contributed by atoms with Crippen LogP contribution in [0.15, 0.2) is 59.8 Å². The van der Waals surface area contributed by atoms with Crippen LogP contribution in [0, 0.1) is 46.8 Å². The van der Waals surface area contributed by atoms with Crippen LogP contribution in [0.25, 0.3) is 0 Å². The number of methoxy groups -OCH3 is 1. The van der Waals surface area contributed by atoms with E-state index in [9.17, 15) is 19.5 Å². The zero-order chi connectivity index (χ0) is 58.5. The van der Waals surface area contributed by atoms with Crippen LogP contribution in [-0.2, 0) is 47.6 Å². The molecule has 0 spiro atoms. The van der Waals surface area contributed by atoms with Crippen LogP contribution in [0.2, 0.25) is 0 Å². The van der Waals surface area contributed by atoms with Crippen molar-refractivity contribution in [2.45, 2.75) is 261 Å². The number of piperidine rings is 1. The van der Waals surface area contributed by atoms with E-state index in [1.165, 1.54) is 4.90 Å². The molecule has 12 heteroatoms. The number of ether oxygens (including phenoxy) is 6. The Morgan fingerprint density at radius 3 is 2.15 bits per heavy atom. The number of allylic oxidation sites excluding steroid dienone is 6. The number of hydrogen-bond acceptors (Lipinski definition) is 11. The van der Waals surface area contributed by atoms with E-state index in [0.29, 0.717) is 57.2 Å². The second kappa shape index (κ2) is 29.6. The fraction of sp³-hybridized carbons (Fsp3) is 0.788. The van der Waals surface area contributed by atoms with E-state index in [0.717, 1.165) is 48.8 Å². The molecule has 2 bridgehead atoms. The van der Waals surface area contributed by atoms with Gasteiger partial charge in [0.1, 0.15) is 17.9 Å². The molecule has 1 saturated carbocycles. The maximum absolute atomic E-state index is 15.1. The lowest BCUT2D eigenvalue weighted by Gasteiger charge is -2.47. The fourth-order valence-electron chi connectivity index (χ4n) is 12.6. The van der Waals surface area contributed by atoms with E-state index in [2.05, 4.69) is 53.3 Å². The van der Waals surface area contributed by atoms with Gasteiger partial charge in [0.05, 0.1) is 54.9 Å². The highest BCUT2D eigenvalue weighted by atomic mass is 16.6. The molecule has 1 amide bonds. The molecule has 2 saturated heterocycles. The average molecular weight is 1090 g/mol. The molecule has 15 atom stereocenters. The molecular weight excluding hydrogens is 983 g/mol. The van der Waals surface area contributed by atoms with Crippen LogP contribution < -0.4 is 0 Å². The monoisotopic (exact) mass is 1090 g/mol. The SMILES string of the molecule is C=C1[C@H](C)C[C@H](C)/C=C/C=C/C=C(\C)[C@@H](OC)C[C@@H]2CC[C@@H](O)C(CC(C)(C)C)(O2)C(=O)C(=O)N2CCCC[C@H]2C(=O)O[C@H]([C@H](C)C[C@@H]2CC[C@@H](OCCOC(C)(C)C)[C@H](C)C2)CC(=O)[C@H](C)/C=C(\C)[C@@H](OC(C)(C)C)[C@H]1C. The first-order valence-electron chi connectivity index (χ1n) is 30.0. The van der Waals surface area contributed by atoms with E-state index in [-0.39, 0.29) is 79.2 Å². The number of hydrogen-bond donors (Lipinski definition) is 1. The Kier molecular flexibility index (Phi) is 25.6. The van der Waals surface area contributed by atoms with Crippen molar-refractivity contribution in [2.75, 3.05) is 26.9 Å². The summed E-state index contributed by atoms with van der Waals surface area (Å²) in [6.07, 6.45) is 16.4. The highest BCUT2D eigenvalue weighted by Gasteiger charge is 2.56. The number of ketones is 2. The van der Waals surface area contributed by atoms with E-state index >= 15 is 4.79 Å². The molecule has 0 aromatic carbocycles. The minimum atomic E-state index is -1.85. The molecule has 12 nitrogen and oxygen atoms in total. The molecule has 1 unspecified atom stereocenters. The van der Waals surface area contributed by atoms with Crippen LogP contribution in [0.5, 0.6) is 0 Å². The third kappa shape index (κ3) is 20.3. The summed E-state index contributed by atoms with van der Waals surface area (Å²) in [5.41, 5.74) is -0.0846. The van der Waals surface area contributed by atoms with E-state index < -0.39 is 64.5 Å². The summed E-state index contributed by atoms with van der Waals surface area (Å²) in [4.78, 5) is 61.2. The van der Waals surface area contributed by atoms with Gasteiger partial charge in [0, 0.05) is 38.3 Å². The van der Waals surface area contributed by atoms with Gasteiger partial charge >= 0.3 is 5.97 Å². The van der Waals surface area contributed by atoms with Crippen LogP contribution in [0.3, 0.4) is 0 Å². The minimum Gasteiger partial charge on any atom is -0.460 e. The number of Topliss-reactive ketones (excluding diaryl/α,β-unsaturated/α-hetero) is 2. The number of cyclic esters (lactones) is 1. The lowest BCUT2D eigenvalue weighted by Crippen LogP contribution is -2.64. The summed E-state index contributed by atoms with van der Waals surface area (Å²) >= 11 is 0. The van der Waals surface area contributed by atoms with Gasteiger partial charge < -0.3 is 38.4 Å². The molecule has 3 fully saturated rings. The fourth-order valence-corrected chi connectivity index (χ4v) is 12.6. The quantitative estimate of drug-likeness (QED) is 0.0965. The Morgan fingerprint density at radius 2 is 1.53 bits per heavy atom. The maximum Gasteiger partial charge on any atom is 0.329 e. The van der Waals surface area contributed by atoms with Gasteiger partial charge in [-0.15, -0.1) is 0 Å². The number of rotatable bonds is 10. The highest BCUT2D eigenvalue weighted by molar-refractivity contribution is 6.39. The van der Waals surface area contributed by atoms with E-state index in [1.54, 1.807) is 7.11 Å². The molecule has 4 aliphatic rings. The van der Waals surface area contributed by atoms with Gasteiger partial charge in [-0.25, -0.2) is 4.79 Å². The lowest BCUT2D eigenvalue weighted by atomic mass is 9.73. The molecule has 1 N–H and O–H groups in total. The molecule has 0 aromatic rings. The number of amides is 1. The molecule has 0 radical (unpaired) electrons. The predicted molar refractivity (Wildman–Crippen MR) is 313 cm³/mol. The number of nitrogens with zero attached hydrogens (tertiary/aromatic N) is 1. The summed E-state index contributed by atoms with van der Waals surface area (Å²) in [6.45, 7) is 40.9. The zero-order valence-electron chi connectivity index (χ0n) is 52.0. The van der Waals surface area contributed by atoms with Crippen molar-refractivity contribution in [1.29, 1.82) is 0 Å². The number of aliphatic hydroxyl groups excluding tert-OH is 1. The Bertz CT molecular complexity index is 2100. The largest absolute Gasteiger partial charge is 0.460 e. The second-order valence-electron chi connectivity index (χ2n) is 27.7. The Morgan fingerprint density at radius 1 is 0.833 bits per heavy atom. The number of carbonyl (C=O) groups is 4. The first-order valence-corrected chi connectivity index (χ1v) is 30.0. The summed E-state index contributed by atoms with van der Waals surface area (Å²) in [5.74, 6) is -2.10. The predicted octanol–water partition coefficient (Wildman–Crippen LogP) is 13.3. The normalized spacial score (nSPS) is 36.4. The molecule has 4 rings (SSSR count). The third-order valence-electron chi connectivity index (χ3n) is 16.9. The van der Waals surface area contributed by atoms with Crippen LogP contribution in [0.1, 0.15) is 201 Å². The van der Waals surface area contributed by atoms with Gasteiger partial charge in [0.25, 0.3) is 11.7 Å².